The molecule has 0 radical (unpaired) electrons. The summed E-state index contributed by atoms with van der Waals surface area (Å²) in [5.74, 6) is 1.22. The van der Waals surface area contributed by atoms with E-state index in [1.54, 1.807) is 13.2 Å². The highest BCUT2D eigenvalue weighted by molar-refractivity contribution is 14.0. The first-order valence-electron chi connectivity index (χ1n) is 7.84. The van der Waals surface area contributed by atoms with Gasteiger partial charge in [0.15, 0.2) is 5.96 Å². The van der Waals surface area contributed by atoms with E-state index in [2.05, 4.69) is 15.6 Å². The van der Waals surface area contributed by atoms with Crippen molar-refractivity contribution in [3.8, 4) is 0 Å². The van der Waals surface area contributed by atoms with Crippen molar-refractivity contribution in [3.63, 3.8) is 0 Å². The molecule has 0 atom stereocenters. The van der Waals surface area contributed by atoms with Gasteiger partial charge >= 0.3 is 0 Å². The van der Waals surface area contributed by atoms with E-state index in [1.165, 1.54) is 12.1 Å². The van der Waals surface area contributed by atoms with Crippen LogP contribution in [0.1, 0.15) is 24.7 Å². The topological polar surface area (TPSA) is 58.8 Å². The molecule has 0 amide bonds. The molecule has 2 rings (SSSR count). The fourth-order valence-electron chi connectivity index (χ4n) is 2.31. The number of aliphatic imine (C=N–C) groups is 1. The Morgan fingerprint density at radius 1 is 1.33 bits per heavy atom. The molecule has 0 fully saturated rings. The smallest absolute Gasteiger partial charge is 0.191 e. The first-order valence-corrected chi connectivity index (χ1v) is 7.84. The molecule has 0 saturated heterocycles. The maximum atomic E-state index is 13.3. The molecule has 0 saturated carbocycles. The van der Waals surface area contributed by atoms with Crippen LogP contribution < -0.4 is 10.6 Å². The lowest BCUT2D eigenvalue weighted by molar-refractivity contribution is 0.195. The number of halogens is 2. The fourth-order valence-corrected chi connectivity index (χ4v) is 2.31. The van der Waals surface area contributed by atoms with E-state index in [9.17, 15) is 4.39 Å². The van der Waals surface area contributed by atoms with E-state index in [4.69, 9.17) is 9.15 Å². The van der Waals surface area contributed by atoms with Gasteiger partial charge in [-0.3, -0.25) is 0 Å². The quantitative estimate of drug-likeness (QED) is 0.294. The van der Waals surface area contributed by atoms with E-state index in [1.807, 2.05) is 13.8 Å². The third-order valence-corrected chi connectivity index (χ3v) is 3.54. The van der Waals surface area contributed by atoms with Crippen molar-refractivity contribution < 1.29 is 13.5 Å². The van der Waals surface area contributed by atoms with E-state index in [0.717, 1.165) is 42.2 Å². The summed E-state index contributed by atoms with van der Waals surface area (Å²) in [7, 11) is 1.69. The summed E-state index contributed by atoms with van der Waals surface area (Å²) in [6.07, 6.45) is 0.907. The van der Waals surface area contributed by atoms with Crippen LogP contribution in [-0.2, 0) is 11.3 Å². The van der Waals surface area contributed by atoms with Crippen LogP contribution in [0, 0.1) is 12.7 Å². The maximum Gasteiger partial charge on any atom is 0.191 e. The molecule has 1 aromatic carbocycles. The number of guanidine groups is 1. The molecule has 0 bridgehead atoms. The molecule has 0 spiro atoms. The predicted octanol–water partition coefficient (Wildman–Crippen LogP) is 3.59. The van der Waals surface area contributed by atoms with Gasteiger partial charge in [-0.2, -0.15) is 0 Å². The Morgan fingerprint density at radius 2 is 2.12 bits per heavy atom. The summed E-state index contributed by atoms with van der Waals surface area (Å²) >= 11 is 0. The minimum absolute atomic E-state index is 0. The van der Waals surface area contributed by atoms with Crippen molar-refractivity contribution in [3.05, 3.63) is 35.3 Å². The van der Waals surface area contributed by atoms with Crippen molar-refractivity contribution >= 4 is 40.9 Å². The number of methoxy groups -OCH3 is 1. The van der Waals surface area contributed by atoms with Crippen molar-refractivity contribution in [1.29, 1.82) is 0 Å². The molecule has 0 aliphatic heterocycles. The van der Waals surface area contributed by atoms with Crippen LogP contribution in [0.4, 0.5) is 4.39 Å². The van der Waals surface area contributed by atoms with E-state index >= 15 is 0 Å². The molecule has 134 valence electrons. The van der Waals surface area contributed by atoms with Crippen molar-refractivity contribution in [1.82, 2.24) is 10.6 Å². The Bertz CT molecular complexity index is 673. The molecule has 7 heteroatoms. The van der Waals surface area contributed by atoms with Gasteiger partial charge in [-0.15, -0.1) is 24.0 Å². The van der Waals surface area contributed by atoms with Gasteiger partial charge in [0.2, 0.25) is 0 Å². The van der Waals surface area contributed by atoms with Gasteiger partial charge in [-0.05, 0) is 38.5 Å². The number of aryl methyl sites for hydroxylation is 1. The highest BCUT2D eigenvalue weighted by atomic mass is 127. The average molecular weight is 449 g/mol. The number of rotatable bonds is 7. The van der Waals surface area contributed by atoms with Crippen LogP contribution in [0.2, 0.25) is 0 Å². The van der Waals surface area contributed by atoms with Crippen LogP contribution in [-0.4, -0.2) is 32.8 Å². The highest BCUT2D eigenvalue weighted by Gasteiger charge is 2.11. The van der Waals surface area contributed by atoms with Gasteiger partial charge < -0.3 is 19.8 Å². The molecule has 2 N–H and O–H groups in total. The Labute approximate surface area is 159 Å². The number of benzene rings is 1. The third-order valence-electron chi connectivity index (χ3n) is 3.54. The van der Waals surface area contributed by atoms with E-state index < -0.39 is 0 Å². The Morgan fingerprint density at radius 3 is 2.83 bits per heavy atom. The lowest BCUT2D eigenvalue weighted by Gasteiger charge is -2.10. The van der Waals surface area contributed by atoms with Crippen LogP contribution in [0.25, 0.3) is 11.0 Å². The van der Waals surface area contributed by atoms with Gasteiger partial charge in [-0.25, -0.2) is 9.38 Å². The van der Waals surface area contributed by atoms with Gasteiger partial charge in [-0.1, -0.05) is 0 Å². The number of hydrogen-bond donors (Lipinski definition) is 2. The second kappa shape index (κ2) is 10.5. The molecule has 0 aliphatic rings. The number of hydrogen-bond acceptors (Lipinski definition) is 3. The lowest BCUT2D eigenvalue weighted by Crippen LogP contribution is -2.38. The number of furan rings is 1. The molecule has 1 aromatic heterocycles. The molecule has 5 nitrogen and oxygen atoms in total. The SMILES string of the molecule is CCNC(=NCc1oc2ccc(F)cc2c1C)NCCCOC.I. The minimum Gasteiger partial charge on any atom is -0.459 e. The zero-order valence-electron chi connectivity index (χ0n) is 14.3. The molecule has 1 heterocycles. The normalized spacial score (nSPS) is 11.4. The number of ether oxygens (including phenoxy) is 1. The van der Waals surface area contributed by atoms with Crippen molar-refractivity contribution in [2.75, 3.05) is 26.8 Å². The van der Waals surface area contributed by atoms with E-state index in [0.29, 0.717) is 18.7 Å². The molecule has 2 aromatic rings. The minimum atomic E-state index is -0.260. The lowest BCUT2D eigenvalue weighted by atomic mass is 10.1. The zero-order valence-corrected chi connectivity index (χ0v) is 16.6. The number of fused-ring (bicyclic) bond motifs is 1. The summed E-state index contributed by atoms with van der Waals surface area (Å²) in [6, 6.07) is 4.55. The van der Waals surface area contributed by atoms with Gasteiger partial charge in [0, 0.05) is 37.8 Å². The summed E-state index contributed by atoms with van der Waals surface area (Å²) < 4.78 is 24.1. The molecule has 0 unspecified atom stereocenters. The number of nitrogens with one attached hydrogen (secondary N) is 2. The van der Waals surface area contributed by atoms with Gasteiger partial charge in [0.1, 0.15) is 23.7 Å². The second-order valence-corrected chi connectivity index (χ2v) is 5.26. The first kappa shape index (κ1) is 20.7. The van der Waals surface area contributed by atoms with E-state index in [-0.39, 0.29) is 29.8 Å². The first-order chi connectivity index (χ1) is 11.2. The molecule has 24 heavy (non-hydrogen) atoms. The summed E-state index contributed by atoms with van der Waals surface area (Å²) in [5.41, 5.74) is 1.62. The second-order valence-electron chi connectivity index (χ2n) is 5.26. The summed E-state index contributed by atoms with van der Waals surface area (Å²) in [4.78, 5) is 4.53. The maximum absolute atomic E-state index is 13.3. The zero-order chi connectivity index (χ0) is 16.7. The average Bonchev–Trinajstić information content (AvgIpc) is 2.85. The Kier molecular flexibility index (Phi) is 9.05. The highest BCUT2D eigenvalue weighted by Crippen LogP contribution is 2.26. The van der Waals surface area contributed by atoms with Gasteiger partial charge in [0.25, 0.3) is 0 Å². The third kappa shape index (κ3) is 5.62. The molecular weight excluding hydrogens is 424 g/mol. The van der Waals surface area contributed by atoms with Crippen LogP contribution >= 0.6 is 24.0 Å². The standard InChI is InChI=1S/C17H24FN3O2.HI/c1-4-19-17(20-8-5-9-22-3)21-11-16-12(2)14-10-13(18)6-7-15(14)23-16;/h6-7,10H,4-5,8-9,11H2,1-3H3,(H2,19,20,21);1H. The summed E-state index contributed by atoms with van der Waals surface area (Å²) in [5, 5.41) is 7.23. The predicted molar refractivity (Wildman–Crippen MR) is 106 cm³/mol. The van der Waals surface area contributed by atoms with Crippen molar-refractivity contribution in [2.24, 2.45) is 4.99 Å². The largest absolute Gasteiger partial charge is 0.459 e. The van der Waals surface area contributed by atoms with Gasteiger partial charge in [0.05, 0.1) is 0 Å². The van der Waals surface area contributed by atoms with Crippen LogP contribution in [0.15, 0.2) is 27.6 Å². The Hall–Kier alpha value is -1.35. The monoisotopic (exact) mass is 449 g/mol. The molecular formula is C17H25FIN3O2. The summed E-state index contributed by atoms with van der Waals surface area (Å²) in [6.45, 7) is 6.61. The van der Waals surface area contributed by atoms with Crippen LogP contribution in [0.5, 0.6) is 0 Å². The fraction of sp³-hybridized carbons (Fsp3) is 0.471. The van der Waals surface area contributed by atoms with Crippen molar-refractivity contribution in [2.45, 2.75) is 26.8 Å². The van der Waals surface area contributed by atoms with Crippen LogP contribution in [0.3, 0.4) is 0 Å². The Balaban J connectivity index is 0.00000288. The number of nitrogens with zero attached hydrogens (tertiary/aromatic N) is 1. The molecule has 0 aliphatic carbocycles.